The van der Waals surface area contributed by atoms with E-state index >= 15 is 0 Å². The molecule has 1 N–H and O–H groups in total. The maximum atomic E-state index is 12.0. The maximum absolute atomic E-state index is 12.0. The third-order valence-electron chi connectivity index (χ3n) is 2.01. The number of carbonyl (C=O) groups is 1. The van der Waals surface area contributed by atoms with Crippen LogP contribution in [-0.4, -0.2) is 55.5 Å². The van der Waals surface area contributed by atoms with Crippen LogP contribution < -0.4 is 0 Å². The van der Waals surface area contributed by atoms with E-state index in [-0.39, 0.29) is 6.42 Å². The van der Waals surface area contributed by atoms with Gasteiger partial charge in [0, 0.05) is 13.0 Å². The molecule has 1 atom stereocenters. The molecular weight excluding hydrogens is 227 g/mol. The summed E-state index contributed by atoms with van der Waals surface area (Å²) in [7, 11) is 2.70. The molecule has 0 aliphatic heterocycles. The van der Waals surface area contributed by atoms with Crippen LogP contribution >= 0.6 is 0 Å². The number of hydrogen-bond donors (Lipinski definition) is 1. The summed E-state index contributed by atoms with van der Waals surface area (Å²) in [5, 5.41) is 8.75. The summed E-state index contributed by atoms with van der Waals surface area (Å²) < 4.78 is 40.3. The molecule has 0 spiro atoms. The van der Waals surface area contributed by atoms with Gasteiger partial charge in [-0.25, -0.2) is 0 Å². The summed E-state index contributed by atoms with van der Waals surface area (Å²) in [6.07, 6.45) is -6.40. The quantitative estimate of drug-likeness (QED) is 0.701. The van der Waals surface area contributed by atoms with E-state index < -0.39 is 24.8 Å². The lowest BCUT2D eigenvalue weighted by atomic mass is 10.2. The smallest absolute Gasteiger partial charge is 0.415 e. The van der Waals surface area contributed by atoms with Gasteiger partial charge in [-0.15, -0.1) is 0 Å². The molecule has 0 rings (SSSR count). The summed E-state index contributed by atoms with van der Waals surface area (Å²) in [4.78, 5) is 12.0. The fourth-order valence-corrected chi connectivity index (χ4v) is 1.09. The van der Waals surface area contributed by atoms with E-state index in [0.717, 1.165) is 0 Å². The molecule has 0 aromatic carbocycles. The molecule has 0 radical (unpaired) electrons. The number of halogens is 3. The number of aliphatic hydroxyl groups is 1. The highest BCUT2D eigenvalue weighted by Crippen LogP contribution is 2.20. The van der Waals surface area contributed by atoms with Crippen LogP contribution in [0.4, 0.5) is 13.2 Å². The number of likely N-dealkylation sites (N-methyl/N-ethyl adjacent to an activating group) is 1. The third-order valence-corrected chi connectivity index (χ3v) is 2.01. The van der Waals surface area contributed by atoms with E-state index in [4.69, 9.17) is 5.11 Å². The zero-order valence-corrected chi connectivity index (χ0v) is 9.25. The van der Waals surface area contributed by atoms with Crippen LogP contribution in [0.25, 0.3) is 0 Å². The summed E-state index contributed by atoms with van der Waals surface area (Å²) in [6, 6.07) is 0. The van der Waals surface area contributed by atoms with Gasteiger partial charge in [0.2, 0.25) is 0 Å². The third kappa shape index (κ3) is 6.62. The molecule has 7 heteroatoms. The fraction of sp³-hybridized carbons (Fsp3) is 0.889. The predicted octanol–water partition coefficient (Wildman–Crippen LogP) is 0.795. The van der Waals surface area contributed by atoms with Crippen molar-refractivity contribution < 1.29 is 27.8 Å². The van der Waals surface area contributed by atoms with Gasteiger partial charge in [-0.2, -0.15) is 13.2 Å². The van der Waals surface area contributed by atoms with Crippen molar-refractivity contribution >= 4 is 5.97 Å². The Morgan fingerprint density at radius 3 is 2.50 bits per heavy atom. The first-order valence-corrected chi connectivity index (χ1v) is 4.77. The number of alkyl halides is 3. The first-order valence-electron chi connectivity index (χ1n) is 4.77. The number of ether oxygens (including phenoxy) is 1. The van der Waals surface area contributed by atoms with E-state index in [2.05, 4.69) is 4.74 Å². The van der Waals surface area contributed by atoms with Crippen molar-refractivity contribution in [3.63, 3.8) is 0 Å². The first-order chi connectivity index (χ1) is 7.27. The SMILES string of the molecule is COC(=O)CCCN(C)CC(O)C(F)(F)F. The van der Waals surface area contributed by atoms with Gasteiger partial charge in [0.05, 0.1) is 7.11 Å². The topological polar surface area (TPSA) is 49.8 Å². The number of rotatable bonds is 6. The second-order valence-corrected chi connectivity index (χ2v) is 3.50. The minimum atomic E-state index is -4.60. The molecule has 0 saturated carbocycles. The van der Waals surface area contributed by atoms with Crippen LogP contribution in [-0.2, 0) is 9.53 Å². The number of nitrogens with zero attached hydrogens (tertiary/aromatic N) is 1. The van der Waals surface area contributed by atoms with Gasteiger partial charge in [0.15, 0.2) is 6.10 Å². The van der Waals surface area contributed by atoms with E-state index in [1.165, 1.54) is 19.1 Å². The molecule has 0 aliphatic carbocycles. The zero-order valence-electron chi connectivity index (χ0n) is 9.25. The average molecular weight is 243 g/mol. The Labute approximate surface area is 92.0 Å². The van der Waals surface area contributed by atoms with Gasteiger partial charge < -0.3 is 14.7 Å². The highest BCUT2D eigenvalue weighted by atomic mass is 19.4. The van der Waals surface area contributed by atoms with Crippen LogP contribution in [0.2, 0.25) is 0 Å². The Morgan fingerprint density at radius 1 is 1.50 bits per heavy atom. The highest BCUT2D eigenvalue weighted by Gasteiger charge is 2.38. The monoisotopic (exact) mass is 243 g/mol. The molecule has 0 aromatic rings. The molecule has 0 heterocycles. The van der Waals surface area contributed by atoms with Crippen molar-refractivity contribution in [3.05, 3.63) is 0 Å². The molecule has 1 unspecified atom stereocenters. The summed E-state index contributed by atoms with van der Waals surface area (Å²) in [6.45, 7) is -0.201. The van der Waals surface area contributed by atoms with Gasteiger partial charge in [-0.05, 0) is 20.0 Å². The van der Waals surface area contributed by atoms with Crippen LogP contribution in [0.1, 0.15) is 12.8 Å². The lowest BCUT2D eigenvalue weighted by Gasteiger charge is -2.21. The fourth-order valence-electron chi connectivity index (χ4n) is 1.09. The van der Waals surface area contributed by atoms with E-state index in [9.17, 15) is 18.0 Å². The van der Waals surface area contributed by atoms with Crippen molar-refractivity contribution in [2.75, 3.05) is 27.2 Å². The number of carbonyl (C=O) groups excluding carboxylic acids is 1. The van der Waals surface area contributed by atoms with Gasteiger partial charge >= 0.3 is 12.1 Å². The minimum absolute atomic E-state index is 0.156. The lowest BCUT2D eigenvalue weighted by molar-refractivity contribution is -0.207. The second kappa shape index (κ2) is 6.70. The van der Waals surface area contributed by atoms with Gasteiger partial charge in [-0.1, -0.05) is 0 Å². The highest BCUT2D eigenvalue weighted by molar-refractivity contribution is 5.69. The van der Waals surface area contributed by atoms with Crippen LogP contribution in [0.5, 0.6) is 0 Å². The largest absolute Gasteiger partial charge is 0.469 e. The van der Waals surface area contributed by atoms with Crippen molar-refractivity contribution in [2.24, 2.45) is 0 Å². The molecule has 0 saturated heterocycles. The first kappa shape index (κ1) is 15.2. The van der Waals surface area contributed by atoms with Gasteiger partial charge in [0.25, 0.3) is 0 Å². The van der Waals surface area contributed by atoms with Crippen LogP contribution in [0.3, 0.4) is 0 Å². The van der Waals surface area contributed by atoms with Crippen LogP contribution in [0, 0.1) is 0 Å². The Balaban J connectivity index is 3.74. The summed E-state index contributed by atoms with van der Waals surface area (Å²) in [5.41, 5.74) is 0. The van der Waals surface area contributed by atoms with Gasteiger partial charge in [-0.3, -0.25) is 4.79 Å². The van der Waals surface area contributed by atoms with Gasteiger partial charge in [0.1, 0.15) is 0 Å². The van der Waals surface area contributed by atoms with E-state index in [1.807, 2.05) is 0 Å². The maximum Gasteiger partial charge on any atom is 0.415 e. The number of methoxy groups -OCH3 is 1. The Kier molecular flexibility index (Phi) is 6.35. The van der Waals surface area contributed by atoms with E-state index in [0.29, 0.717) is 13.0 Å². The minimum Gasteiger partial charge on any atom is -0.469 e. The molecule has 0 amide bonds. The normalized spacial score (nSPS) is 13.9. The standard InChI is InChI=1S/C9H16F3NO3/c1-13(5-3-4-8(15)16-2)6-7(14)9(10,11)12/h7,14H,3-6H2,1-2H3. The Bertz CT molecular complexity index is 221. The molecule has 0 aromatic heterocycles. The Morgan fingerprint density at radius 2 is 2.06 bits per heavy atom. The molecule has 0 aliphatic rings. The zero-order chi connectivity index (χ0) is 12.8. The molecular formula is C9H16F3NO3. The molecule has 0 bridgehead atoms. The van der Waals surface area contributed by atoms with Crippen molar-refractivity contribution in [1.82, 2.24) is 4.90 Å². The molecule has 0 fully saturated rings. The van der Waals surface area contributed by atoms with E-state index in [1.54, 1.807) is 0 Å². The molecule has 96 valence electrons. The lowest BCUT2D eigenvalue weighted by Crippen LogP contribution is -2.39. The predicted molar refractivity (Wildman–Crippen MR) is 50.8 cm³/mol. The average Bonchev–Trinajstić information content (AvgIpc) is 2.15. The molecule has 4 nitrogen and oxygen atoms in total. The number of aliphatic hydroxyl groups excluding tert-OH is 1. The van der Waals surface area contributed by atoms with Crippen molar-refractivity contribution in [2.45, 2.75) is 25.1 Å². The number of hydrogen-bond acceptors (Lipinski definition) is 4. The Hall–Kier alpha value is -0.820. The van der Waals surface area contributed by atoms with Crippen molar-refractivity contribution in [1.29, 1.82) is 0 Å². The van der Waals surface area contributed by atoms with Crippen LogP contribution in [0.15, 0.2) is 0 Å². The second-order valence-electron chi connectivity index (χ2n) is 3.50. The summed E-state index contributed by atoms with van der Waals surface area (Å²) in [5.74, 6) is -0.398. The number of esters is 1. The molecule has 16 heavy (non-hydrogen) atoms. The van der Waals surface area contributed by atoms with Crippen molar-refractivity contribution in [3.8, 4) is 0 Å². The summed E-state index contributed by atoms with van der Waals surface area (Å²) >= 11 is 0.